The number of benzene rings is 1. The Hall–Kier alpha value is -2.89. The summed E-state index contributed by atoms with van der Waals surface area (Å²) in [5.74, 6) is 1.19. The van der Waals surface area contributed by atoms with Crippen LogP contribution in [-0.4, -0.2) is 34.2 Å². The zero-order valence-electron chi connectivity index (χ0n) is 14.0. The maximum absolute atomic E-state index is 13.4. The molecular weight excluding hydrogens is 316 g/mol. The van der Waals surface area contributed by atoms with E-state index in [2.05, 4.69) is 15.2 Å². The molecule has 1 N–H and O–H groups in total. The number of aromatic nitrogens is 3. The summed E-state index contributed by atoms with van der Waals surface area (Å²) in [7, 11) is 0. The normalized spacial score (nSPS) is 16.6. The van der Waals surface area contributed by atoms with Crippen LogP contribution in [0.25, 0.3) is 11.0 Å². The number of nitrogens with zero attached hydrogens (tertiary/aromatic N) is 3. The molecular formula is C19H18N4O2. The summed E-state index contributed by atoms with van der Waals surface area (Å²) in [6, 6.07) is 9.63. The van der Waals surface area contributed by atoms with Crippen molar-refractivity contribution in [2.45, 2.75) is 25.7 Å². The molecule has 1 saturated carbocycles. The van der Waals surface area contributed by atoms with Gasteiger partial charge in [-0.3, -0.25) is 9.89 Å². The van der Waals surface area contributed by atoms with E-state index >= 15 is 0 Å². The highest BCUT2D eigenvalue weighted by atomic mass is 16.5. The van der Waals surface area contributed by atoms with Crippen LogP contribution in [0.4, 0.5) is 5.69 Å². The van der Waals surface area contributed by atoms with E-state index < -0.39 is 0 Å². The maximum atomic E-state index is 13.4. The molecule has 126 valence electrons. The van der Waals surface area contributed by atoms with Gasteiger partial charge in [-0.25, -0.2) is 4.98 Å². The van der Waals surface area contributed by atoms with Gasteiger partial charge in [-0.2, -0.15) is 5.10 Å². The molecule has 25 heavy (non-hydrogen) atoms. The molecule has 1 aliphatic carbocycles. The lowest BCUT2D eigenvalue weighted by Crippen LogP contribution is -2.38. The van der Waals surface area contributed by atoms with Crippen molar-refractivity contribution in [3.63, 3.8) is 0 Å². The molecule has 2 aliphatic rings. The molecule has 0 bridgehead atoms. The lowest BCUT2D eigenvalue weighted by molar-refractivity contribution is 0.0978. The Morgan fingerprint density at radius 3 is 3.00 bits per heavy atom. The number of nitrogens with one attached hydrogen (secondary N) is 1. The zero-order valence-corrected chi connectivity index (χ0v) is 14.0. The first kappa shape index (κ1) is 14.5. The fourth-order valence-electron chi connectivity index (χ4n) is 3.48. The highest BCUT2D eigenvalue weighted by molar-refractivity contribution is 6.14. The van der Waals surface area contributed by atoms with Gasteiger partial charge in [0.1, 0.15) is 12.4 Å². The van der Waals surface area contributed by atoms with Crippen molar-refractivity contribution >= 4 is 22.6 Å². The molecule has 5 rings (SSSR count). The molecule has 3 heterocycles. The summed E-state index contributed by atoms with van der Waals surface area (Å²) < 4.78 is 5.68. The molecule has 0 unspecified atom stereocenters. The maximum Gasteiger partial charge on any atom is 0.259 e. The van der Waals surface area contributed by atoms with E-state index in [1.165, 1.54) is 0 Å². The molecule has 0 saturated heterocycles. The molecule has 1 aliphatic heterocycles. The number of pyridine rings is 1. The number of carbonyl (C=O) groups is 1. The Balaban J connectivity index is 1.66. The number of para-hydroxylation sites is 2. The topological polar surface area (TPSA) is 71.1 Å². The Bertz CT molecular complexity index is 990. The Labute approximate surface area is 144 Å². The van der Waals surface area contributed by atoms with E-state index in [0.717, 1.165) is 41.1 Å². The fourth-order valence-corrected chi connectivity index (χ4v) is 3.48. The van der Waals surface area contributed by atoms with Crippen LogP contribution in [0, 0.1) is 6.92 Å². The highest BCUT2D eigenvalue weighted by Gasteiger charge is 2.31. The van der Waals surface area contributed by atoms with Crippen LogP contribution >= 0.6 is 0 Å². The number of aromatic amines is 1. The van der Waals surface area contributed by atoms with Gasteiger partial charge in [-0.15, -0.1) is 0 Å². The third kappa shape index (κ3) is 2.28. The van der Waals surface area contributed by atoms with Crippen LogP contribution in [0.3, 0.4) is 0 Å². The average Bonchev–Trinajstić information content (AvgIpc) is 3.44. The van der Waals surface area contributed by atoms with E-state index in [-0.39, 0.29) is 5.91 Å². The number of hydrogen-bond acceptors (Lipinski definition) is 4. The lowest BCUT2D eigenvalue weighted by atomic mass is 10.1. The number of anilines is 1. The summed E-state index contributed by atoms with van der Waals surface area (Å²) in [5.41, 5.74) is 3.97. The van der Waals surface area contributed by atoms with Gasteiger partial charge in [-0.05, 0) is 38.0 Å². The molecule has 1 amide bonds. The van der Waals surface area contributed by atoms with E-state index in [4.69, 9.17) is 4.74 Å². The second kappa shape index (κ2) is 5.31. The summed E-state index contributed by atoms with van der Waals surface area (Å²) in [6.45, 7) is 2.96. The summed E-state index contributed by atoms with van der Waals surface area (Å²) >= 11 is 0. The quantitative estimate of drug-likeness (QED) is 0.781. The van der Waals surface area contributed by atoms with Crippen molar-refractivity contribution in [2.24, 2.45) is 0 Å². The first-order valence-electron chi connectivity index (χ1n) is 8.61. The lowest BCUT2D eigenvalue weighted by Gasteiger charge is -2.29. The molecule has 0 spiro atoms. The number of rotatable bonds is 2. The van der Waals surface area contributed by atoms with Crippen LogP contribution in [-0.2, 0) is 0 Å². The van der Waals surface area contributed by atoms with Crippen molar-refractivity contribution in [2.75, 3.05) is 18.1 Å². The molecule has 0 radical (unpaired) electrons. The first-order valence-corrected chi connectivity index (χ1v) is 8.61. The number of carbonyl (C=O) groups excluding carboxylic acids is 1. The van der Waals surface area contributed by atoms with Crippen molar-refractivity contribution in [1.29, 1.82) is 0 Å². The van der Waals surface area contributed by atoms with Gasteiger partial charge in [0.25, 0.3) is 5.91 Å². The molecule has 2 aromatic heterocycles. The molecule has 6 nitrogen and oxygen atoms in total. The number of ether oxygens (including phenoxy) is 1. The van der Waals surface area contributed by atoms with Crippen LogP contribution in [0.1, 0.15) is 40.5 Å². The largest absolute Gasteiger partial charge is 0.490 e. The van der Waals surface area contributed by atoms with E-state index in [0.29, 0.717) is 30.3 Å². The number of hydrogen-bond donors (Lipinski definition) is 1. The van der Waals surface area contributed by atoms with Crippen LogP contribution < -0.4 is 9.64 Å². The third-order valence-corrected chi connectivity index (χ3v) is 4.92. The average molecular weight is 334 g/mol. The van der Waals surface area contributed by atoms with Crippen molar-refractivity contribution in [3.8, 4) is 5.75 Å². The van der Waals surface area contributed by atoms with Crippen LogP contribution in [0.2, 0.25) is 0 Å². The minimum absolute atomic E-state index is 0.0189. The van der Waals surface area contributed by atoms with Gasteiger partial charge in [0.05, 0.1) is 23.2 Å². The van der Waals surface area contributed by atoms with Crippen LogP contribution in [0.15, 0.2) is 30.3 Å². The fraction of sp³-hybridized carbons (Fsp3) is 0.316. The van der Waals surface area contributed by atoms with E-state index in [1.54, 1.807) is 4.90 Å². The van der Waals surface area contributed by atoms with E-state index in [1.807, 2.05) is 37.3 Å². The van der Waals surface area contributed by atoms with Gasteiger partial charge in [0, 0.05) is 17.3 Å². The Morgan fingerprint density at radius 2 is 2.16 bits per heavy atom. The third-order valence-electron chi connectivity index (χ3n) is 4.92. The van der Waals surface area contributed by atoms with Gasteiger partial charge in [0.2, 0.25) is 0 Å². The number of amides is 1. The minimum Gasteiger partial charge on any atom is -0.490 e. The standard InChI is InChI=1S/C19H18N4O2/c1-11-17-13(10-14(12-6-7-12)20-18(17)22-21-11)19(24)23-8-9-25-16-5-3-2-4-15(16)23/h2-5,10,12H,6-9H2,1H3,(H,20,21,22). The van der Waals surface area contributed by atoms with Gasteiger partial charge in [-0.1, -0.05) is 12.1 Å². The predicted octanol–water partition coefficient (Wildman–Crippen LogP) is 3.18. The minimum atomic E-state index is -0.0189. The smallest absolute Gasteiger partial charge is 0.259 e. The van der Waals surface area contributed by atoms with Crippen molar-refractivity contribution in [3.05, 3.63) is 47.3 Å². The first-order chi connectivity index (χ1) is 12.2. The summed E-state index contributed by atoms with van der Waals surface area (Å²) in [4.78, 5) is 19.9. The molecule has 3 aromatic rings. The van der Waals surface area contributed by atoms with Gasteiger partial charge >= 0.3 is 0 Å². The van der Waals surface area contributed by atoms with Crippen molar-refractivity contribution in [1.82, 2.24) is 15.2 Å². The van der Waals surface area contributed by atoms with Gasteiger partial charge in [0.15, 0.2) is 5.65 Å². The highest BCUT2D eigenvalue weighted by Crippen LogP contribution is 2.41. The molecule has 1 fully saturated rings. The van der Waals surface area contributed by atoms with Crippen molar-refractivity contribution < 1.29 is 9.53 Å². The Morgan fingerprint density at radius 1 is 1.32 bits per heavy atom. The monoisotopic (exact) mass is 334 g/mol. The zero-order chi connectivity index (χ0) is 17.0. The SMILES string of the molecule is Cc1[nH]nc2nc(C3CC3)cc(C(=O)N3CCOc4ccccc43)c12. The number of fused-ring (bicyclic) bond motifs is 2. The summed E-state index contributed by atoms with van der Waals surface area (Å²) in [6.07, 6.45) is 2.27. The second-order valence-corrected chi connectivity index (χ2v) is 6.69. The van der Waals surface area contributed by atoms with E-state index in [9.17, 15) is 4.79 Å². The number of aryl methyl sites for hydroxylation is 1. The molecule has 0 atom stereocenters. The molecule has 1 aromatic carbocycles. The molecule has 6 heteroatoms. The van der Waals surface area contributed by atoms with Gasteiger partial charge < -0.3 is 9.64 Å². The number of H-pyrrole nitrogens is 1. The Kier molecular flexibility index (Phi) is 3.07. The summed E-state index contributed by atoms with van der Waals surface area (Å²) in [5, 5.41) is 8.08. The predicted molar refractivity (Wildman–Crippen MR) is 94.2 cm³/mol. The van der Waals surface area contributed by atoms with Crippen LogP contribution in [0.5, 0.6) is 5.75 Å². The second-order valence-electron chi connectivity index (χ2n) is 6.69.